The second kappa shape index (κ2) is 7.11. The Hall–Kier alpha value is -3.35. The zero-order valence-corrected chi connectivity index (χ0v) is 14.7. The normalized spacial score (nSPS) is 17.0. The number of primary amides is 1. The maximum Gasteiger partial charge on any atom is 0.272 e. The van der Waals surface area contributed by atoms with Crippen molar-refractivity contribution in [1.82, 2.24) is 14.7 Å². The molecule has 1 saturated heterocycles. The Bertz CT molecular complexity index is 947. The van der Waals surface area contributed by atoms with E-state index in [9.17, 15) is 9.59 Å². The SMILES string of the molecule is NC(=O)C1CCCN(C(=O)c2cc(-c3ccco3)nn2-c2ccccc2)C1. The van der Waals surface area contributed by atoms with Crippen molar-refractivity contribution in [2.75, 3.05) is 13.1 Å². The van der Waals surface area contributed by atoms with Crippen LogP contribution in [-0.4, -0.2) is 39.6 Å². The van der Waals surface area contributed by atoms with Crippen LogP contribution >= 0.6 is 0 Å². The third-order valence-corrected chi connectivity index (χ3v) is 4.81. The van der Waals surface area contributed by atoms with Crippen LogP contribution in [0.15, 0.2) is 59.2 Å². The summed E-state index contributed by atoms with van der Waals surface area (Å²) in [5.41, 5.74) is 7.24. The first kappa shape index (κ1) is 17.1. The van der Waals surface area contributed by atoms with E-state index in [1.807, 2.05) is 30.3 Å². The minimum atomic E-state index is -0.361. The average Bonchev–Trinajstić information content (AvgIpc) is 3.38. The van der Waals surface area contributed by atoms with Crippen LogP contribution in [0.4, 0.5) is 0 Å². The number of benzene rings is 1. The lowest BCUT2D eigenvalue weighted by atomic mass is 9.97. The van der Waals surface area contributed by atoms with Crippen molar-refractivity contribution in [2.45, 2.75) is 12.8 Å². The second-order valence-corrected chi connectivity index (χ2v) is 6.63. The van der Waals surface area contributed by atoms with E-state index in [-0.39, 0.29) is 17.7 Å². The van der Waals surface area contributed by atoms with Crippen molar-refractivity contribution < 1.29 is 14.0 Å². The number of aromatic nitrogens is 2. The minimum Gasteiger partial charge on any atom is -0.463 e. The molecule has 3 heterocycles. The highest BCUT2D eigenvalue weighted by Crippen LogP contribution is 2.25. The number of amides is 2. The summed E-state index contributed by atoms with van der Waals surface area (Å²) in [6.07, 6.45) is 3.04. The number of piperidine rings is 1. The molecule has 7 nitrogen and oxygen atoms in total. The Balaban J connectivity index is 1.72. The molecule has 1 fully saturated rings. The highest BCUT2D eigenvalue weighted by molar-refractivity contribution is 5.94. The van der Waals surface area contributed by atoms with Gasteiger partial charge in [-0.05, 0) is 37.1 Å². The Morgan fingerprint density at radius 3 is 2.67 bits per heavy atom. The molecule has 0 saturated carbocycles. The van der Waals surface area contributed by atoms with E-state index in [1.54, 1.807) is 34.0 Å². The maximum atomic E-state index is 13.2. The number of nitrogens with zero attached hydrogens (tertiary/aromatic N) is 3. The number of furan rings is 1. The van der Waals surface area contributed by atoms with Gasteiger partial charge in [0, 0.05) is 19.2 Å². The molecule has 0 spiro atoms. The Morgan fingerprint density at radius 2 is 1.96 bits per heavy atom. The zero-order chi connectivity index (χ0) is 18.8. The first-order valence-corrected chi connectivity index (χ1v) is 8.91. The van der Waals surface area contributed by atoms with Gasteiger partial charge in [0.1, 0.15) is 11.4 Å². The Kier molecular flexibility index (Phi) is 4.50. The predicted molar refractivity (Wildman–Crippen MR) is 99.1 cm³/mol. The van der Waals surface area contributed by atoms with Crippen LogP contribution in [-0.2, 0) is 4.79 Å². The lowest BCUT2D eigenvalue weighted by Crippen LogP contribution is -2.44. The molecule has 0 aliphatic carbocycles. The van der Waals surface area contributed by atoms with Crippen molar-refractivity contribution in [2.24, 2.45) is 11.7 Å². The topological polar surface area (TPSA) is 94.4 Å². The molecule has 1 unspecified atom stereocenters. The van der Waals surface area contributed by atoms with E-state index in [0.717, 1.165) is 12.1 Å². The molecule has 3 aromatic rings. The number of carbonyl (C=O) groups is 2. The van der Waals surface area contributed by atoms with Crippen LogP contribution < -0.4 is 5.73 Å². The Labute approximate surface area is 156 Å². The van der Waals surface area contributed by atoms with E-state index in [2.05, 4.69) is 5.10 Å². The van der Waals surface area contributed by atoms with Crippen molar-refractivity contribution in [3.63, 3.8) is 0 Å². The van der Waals surface area contributed by atoms with Gasteiger partial charge < -0.3 is 15.1 Å². The molecule has 0 bridgehead atoms. The summed E-state index contributed by atoms with van der Waals surface area (Å²) in [6.45, 7) is 0.933. The molecular weight excluding hydrogens is 344 g/mol. The van der Waals surface area contributed by atoms with Gasteiger partial charge in [-0.2, -0.15) is 5.10 Å². The summed E-state index contributed by atoms with van der Waals surface area (Å²) in [5, 5.41) is 4.58. The molecule has 2 aromatic heterocycles. The Morgan fingerprint density at radius 1 is 1.15 bits per heavy atom. The number of nitrogens with two attached hydrogens (primary N) is 1. The summed E-state index contributed by atoms with van der Waals surface area (Å²) in [6, 6.07) is 14.8. The molecule has 1 aliphatic rings. The van der Waals surface area contributed by atoms with Gasteiger partial charge in [0.05, 0.1) is 17.9 Å². The number of hydrogen-bond donors (Lipinski definition) is 1. The molecule has 1 aliphatic heterocycles. The first-order valence-electron chi connectivity index (χ1n) is 8.91. The summed E-state index contributed by atoms with van der Waals surface area (Å²) < 4.78 is 7.05. The summed E-state index contributed by atoms with van der Waals surface area (Å²) >= 11 is 0. The highest BCUT2D eigenvalue weighted by Gasteiger charge is 2.30. The largest absolute Gasteiger partial charge is 0.463 e. The van der Waals surface area contributed by atoms with Crippen LogP contribution in [0.2, 0.25) is 0 Å². The fraction of sp³-hybridized carbons (Fsp3) is 0.250. The van der Waals surface area contributed by atoms with Gasteiger partial charge in [-0.3, -0.25) is 9.59 Å². The van der Waals surface area contributed by atoms with Crippen molar-refractivity contribution in [1.29, 1.82) is 0 Å². The van der Waals surface area contributed by atoms with E-state index in [4.69, 9.17) is 10.2 Å². The lowest BCUT2D eigenvalue weighted by molar-refractivity contribution is -0.123. The molecule has 2 amide bonds. The standard InChI is InChI=1S/C20H20N4O3/c21-19(25)14-6-4-10-23(13-14)20(26)17-12-16(18-9-5-11-27-18)22-24(17)15-7-2-1-3-8-15/h1-3,5,7-9,11-12,14H,4,6,10,13H2,(H2,21,25). The number of hydrogen-bond acceptors (Lipinski definition) is 4. The van der Waals surface area contributed by atoms with Gasteiger partial charge in [-0.1, -0.05) is 18.2 Å². The van der Waals surface area contributed by atoms with Crippen LogP contribution in [0, 0.1) is 5.92 Å². The van der Waals surface area contributed by atoms with Crippen LogP contribution in [0.25, 0.3) is 17.1 Å². The molecule has 2 N–H and O–H groups in total. The lowest BCUT2D eigenvalue weighted by Gasteiger charge is -2.31. The van der Waals surface area contributed by atoms with Crippen LogP contribution in [0.5, 0.6) is 0 Å². The summed E-state index contributed by atoms with van der Waals surface area (Å²) in [7, 11) is 0. The number of para-hydroxylation sites is 1. The van der Waals surface area contributed by atoms with Gasteiger partial charge >= 0.3 is 0 Å². The second-order valence-electron chi connectivity index (χ2n) is 6.63. The van der Waals surface area contributed by atoms with Gasteiger partial charge in [0.25, 0.3) is 5.91 Å². The first-order chi connectivity index (χ1) is 13.1. The van der Waals surface area contributed by atoms with Gasteiger partial charge in [0.15, 0.2) is 5.76 Å². The molecule has 1 atom stereocenters. The molecule has 4 rings (SSSR count). The van der Waals surface area contributed by atoms with Gasteiger partial charge in [-0.15, -0.1) is 0 Å². The van der Waals surface area contributed by atoms with Crippen LogP contribution in [0.1, 0.15) is 23.3 Å². The minimum absolute atomic E-state index is 0.171. The molecule has 7 heteroatoms. The molecule has 1 aromatic carbocycles. The zero-order valence-electron chi connectivity index (χ0n) is 14.7. The number of rotatable bonds is 4. The third kappa shape index (κ3) is 3.36. The number of carbonyl (C=O) groups excluding carboxylic acids is 2. The van der Waals surface area contributed by atoms with Crippen LogP contribution in [0.3, 0.4) is 0 Å². The summed E-state index contributed by atoms with van der Waals surface area (Å²) in [5.74, 6) is -0.247. The molecular formula is C20H20N4O3. The fourth-order valence-electron chi connectivity index (χ4n) is 3.40. The monoisotopic (exact) mass is 364 g/mol. The fourth-order valence-corrected chi connectivity index (χ4v) is 3.40. The smallest absolute Gasteiger partial charge is 0.272 e. The quantitative estimate of drug-likeness (QED) is 0.769. The van der Waals surface area contributed by atoms with Gasteiger partial charge in [-0.25, -0.2) is 4.68 Å². The summed E-state index contributed by atoms with van der Waals surface area (Å²) in [4.78, 5) is 26.5. The molecule has 138 valence electrons. The predicted octanol–water partition coefficient (Wildman–Crippen LogP) is 2.47. The van der Waals surface area contributed by atoms with Crippen molar-refractivity contribution >= 4 is 11.8 Å². The van der Waals surface area contributed by atoms with Crippen molar-refractivity contribution in [3.05, 3.63) is 60.5 Å². The van der Waals surface area contributed by atoms with Crippen molar-refractivity contribution in [3.8, 4) is 17.1 Å². The molecule has 27 heavy (non-hydrogen) atoms. The highest BCUT2D eigenvalue weighted by atomic mass is 16.3. The van der Waals surface area contributed by atoms with Gasteiger partial charge in [0.2, 0.25) is 5.91 Å². The maximum absolute atomic E-state index is 13.2. The third-order valence-electron chi connectivity index (χ3n) is 4.81. The number of likely N-dealkylation sites (tertiary alicyclic amines) is 1. The average molecular weight is 364 g/mol. The molecule has 0 radical (unpaired) electrons. The van der Waals surface area contributed by atoms with E-state index < -0.39 is 0 Å². The van der Waals surface area contributed by atoms with E-state index in [1.165, 1.54) is 0 Å². The van der Waals surface area contributed by atoms with E-state index in [0.29, 0.717) is 36.7 Å². The van der Waals surface area contributed by atoms with E-state index >= 15 is 0 Å².